The van der Waals surface area contributed by atoms with E-state index >= 15 is 0 Å². The van der Waals surface area contributed by atoms with Crippen molar-refractivity contribution >= 4 is 55.6 Å². The van der Waals surface area contributed by atoms with Crippen molar-refractivity contribution in [3.63, 3.8) is 0 Å². The van der Waals surface area contributed by atoms with Gasteiger partial charge in [0.05, 0.1) is 35.0 Å². The Morgan fingerprint density at radius 2 is 2.03 bits per heavy atom. The standard InChI is InChI=1S/C24H24ClN5O5S2/c25-20-7-8-21(36-20)37(33,34)29-23-22-18(5-2-6-19(22)31)30(28-23)13-16-4-1-3-15(11-16)12-27-24(32)17-14-35-10-9-26-17/h1-8,11,17,26,31H,9-10,12-14H2,(H,27,32)(H,28,29). The second-order valence-corrected chi connectivity index (χ2v) is 12.1. The van der Waals surface area contributed by atoms with Gasteiger partial charge in [-0.05, 0) is 35.4 Å². The van der Waals surface area contributed by atoms with Gasteiger partial charge in [0.25, 0.3) is 10.0 Å². The van der Waals surface area contributed by atoms with Gasteiger partial charge in [0.2, 0.25) is 5.91 Å². The first-order valence-corrected chi connectivity index (χ1v) is 14.1. The van der Waals surface area contributed by atoms with Crippen molar-refractivity contribution in [2.75, 3.05) is 24.5 Å². The Hall–Kier alpha value is -3.16. The van der Waals surface area contributed by atoms with E-state index in [1.165, 1.54) is 18.2 Å². The second-order valence-electron chi connectivity index (χ2n) is 8.46. The lowest BCUT2D eigenvalue weighted by Gasteiger charge is -2.22. The third kappa shape index (κ3) is 5.73. The molecular formula is C24H24ClN5O5S2. The zero-order valence-corrected chi connectivity index (χ0v) is 21.9. The molecule has 0 saturated carbocycles. The Balaban J connectivity index is 1.36. The van der Waals surface area contributed by atoms with Crippen molar-refractivity contribution in [1.29, 1.82) is 0 Å². The Kier molecular flexibility index (Phi) is 7.36. The number of rotatable bonds is 8. The van der Waals surface area contributed by atoms with Crippen LogP contribution >= 0.6 is 22.9 Å². The molecule has 10 nitrogen and oxygen atoms in total. The van der Waals surface area contributed by atoms with Crippen LogP contribution in [0.5, 0.6) is 5.75 Å². The Labute approximate surface area is 222 Å². The van der Waals surface area contributed by atoms with Crippen molar-refractivity contribution in [1.82, 2.24) is 20.4 Å². The summed E-state index contributed by atoms with van der Waals surface area (Å²) in [7, 11) is -3.95. The summed E-state index contributed by atoms with van der Waals surface area (Å²) in [6.45, 7) is 2.24. The fourth-order valence-electron chi connectivity index (χ4n) is 4.08. The van der Waals surface area contributed by atoms with Crippen LogP contribution in [0.4, 0.5) is 5.82 Å². The van der Waals surface area contributed by atoms with Crippen molar-refractivity contribution < 1.29 is 23.1 Å². The van der Waals surface area contributed by atoms with E-state index in [4.69, 9.17) is 16.3 Å². The lowest BCUT2D eigenvalue weighted by Crippen LogP contribution is -2.51. The van der Waals surface area contributed by atoms with Crippen LogP contribution in [-0.2, 0) is 32.6 Å². The summed E-state index contributed by atoms with van der Waals surface area (Å²) >= 11 is 6.84. The van der Waals surface area contributed by atoms with E-state index in [0.29, 0.717) is 48.1 Å². The van der Waals surface area contributed by atoms with Crippen LogP contribution in [0.25, 0.3) is 10.9 Å². The highest BCUT2D eigenvalue weighted by Crippen LogP contribution is 2.34. The highest BCUT2D eigenvalue weighted by Gasteiger charge is 2.23. The third-order valence-electron chi connectivity index (χ3n) is 5.83. The van der Waals surface area contributed by atoms with Gasteiger partial charge in [-0.3, -0.25) is 14.2 Å². The fourth-order valence-corrected chi connectivity index (χ4v) is 6.57. The highest BCUT2D eigenvalue weighted by atomic mass is 35.5. The number of morpholine rings is 1. The number of sulfonamides is 1. The van der Waals surface area contributed by atoms with E-state index in [-0.39, 0.29) is 27.7 Å². The maximum atomic E-state index is 12.9. The second kappa shape index (κ2) is 10.7. The average Bonchev–Trinajstić information content (AvgIpc) is 3.48. The van der Waals surface area contributed by atoms with Gasteiger partial charge < -0.3 is 20.5 Å². The molecule has 1 aliphatic rings. The maximum Gasteiger partial charge on any atom is 0.272 e. The van der Waals surface area contributed by atoms with E-state index in [9.17, 15) is 18.3 Å². The lowest BCUT2D eigenvalue weighted by atomic mass is 10.1. The minimum atomic E-state index is -3.95. The molecule has 0 radical (unpaired) electrons. The summed E-state index contributed by atoms with van der Waals surface area (Å²) in [5.41, 5.74) is 2.35. The molecule has 194 valence electrons. The maximum absolute atomic E-state index is 12.9. The van der Waals surface area contributed by atoms with Gasteiger partial charge in [0, 0.05) is 13.1 Å². The van der Waals surface area contributed by atoms with Gasteiger partial charge in [-0.2, -0.15) is 5.10 Å². The van der Waals surface area contributed by atoms with Crippen molar-refractivity contribution in [2.24, 2.45) is 0 Å². The molecule has 2 aromatic heterocycles. The molecule has 1 amide bonds. The van der Waals surface area contributed by atoms with Gasteiger partial charge in [-0.15, -0.1) is 11.3 Å². The molecule has 37 heavy (non-hydrogen) atoms. The number of nitrogens with one attached hydrogen (secondary N) is 3. The van der Waals surface area contributed by atoms with Crippen LogP contribution in [-0.4, -0.2) is 55.0 Å². The Bertz CT molecular complexity index is 1550. The first-order valence-electron chi connectivity index (χ1n) is 11.4. The van der Waals surface area contributed by atoms with Gasteiger partial charge in [0.15, 0.2) is 5.82 Å². The number of phenolic OH excluding ortho intramolecular Hbond substituents is 1. The molecule has 0 bridgehead atoms. The monoisotopic (exact) mass is 561 g/mol. The minimum absolute atomic E-state index is 0.0169. The number of aromatic hydroxyl groups is 1. The van der Waals surface area contributed by atoms with E-state index in [2.05, 4.69) is 20.5 Å². The van der Waals surface area contributed by atoms with Crippen LogP contribution in [0, 0.1) is 0 Å². The van der Waals surface area contributed by atoms with Crippen molar-refractivity contribution in [3.05, 3.63) is 70.1 Å². The number of fused-ring (bicyclic) bond motifs is 1. The van der Waals surface area contributed by atoms with E-state index < -0.39 is 10.0 Å². The largest absolute Gasteiger partial charge is 0.507 e. The fraction of sp³-hybridized carbons (Fsp3) is 0.250. The molecule has 13 heteroatoms. The average molecular weight is 562 g/mol. The topological polar surface area (TPSA) is 135 Å². The zero-order chi connectivity index (χ0) is 26.0. The number of phenols is 1. The normalized spacial score (nSPS) is 16.1. The zero-order valence-electron chi connectivity index (χ0n) is 19.5. The van der Waals surface area contributed by atoms with E-state index in [1.54, 1.807) is 16.8 Å². The number of halogens is 1. The summed E-state index contributed by atoms with van der Waals surface area (Å²) in [6.07, 6.45) is 0. The molecule has 3 heterocycles. The van der Waals surface area contributed by atoms with E-state index in [0.717, 1.165) is 22.5 Å². The SMILES string of the molecule is O=C(NCc1cccc(Cn2nc(NS(=O)(=O)c3ccc(Cl)s3)c3c(O)cccc32)c1)C1COCCN1. The number of hydrogen-bond acceptors (Lipinski definition) is 8. The number of aromatic nitrogens is 2. The molecule has 0 aliphatic carbocycles. The summed E-state index contributed by atoms with van der Waals surface area (Å²) in [5.74, 6) is -0.201. The van der Waals surface area contributed by atoms with Gasteiger partial charge in [0.1, 0.15) is 16.0 Å². The molecule has 1 aliphatic heterocycles. The van der Waals surface area contributed by atoms with Crippen LogP contribution in [0.3, 0.4) is 0 Å². The summed E-state index contributed by atoms with van der Waals surface area (Å²) in [5, 5.41) is 21.3. The Morgan fingerprint density at radius 3 is 2.78 bits per heavy atom. The molecule has 2 aromatic carbocycles. The number of amides is 1. The third-order valence-corrected chi connectivity index (χ3v) is 8.89. The minimum Gasteiger partial charge on any atom is -0.507 e. The molecule has 4 N–H and O–H groups in total. The summed E-state index contributed by atoms with van der Waals surface area (Å²) in [6, 6.07) is 15.1. The highest BCUT2D eigenvalue weighted by molar-refractivity contribution is 7.94. The van der Waals surface area contributed by atoms with Crippen LogP contribution in [0.15, 0.2) is 58.8 Å². The molecule has 4 aromatic rings. The Morgan fingerprint density at radius 1 is 1.22 bits per heavy atom. The first kappa shape index (κ1) is 25.5. The predicted molar refractivity (Wildman–Crippen MR) is 142 cm³/mol. The van der Waals surface area contributed by atoms with Gasteiger partial charge >= 0.3 is 0 Å². The number of carbonyl (C=O) groups excluding carboxylic acids is 1. The predicted octanol–water partition coefficient (Wildman–Crippen LogP) is 2.91. The van der Waals surface area contributed by atoms with Crippen LogP contribution in [0.2, 0.25) is 4.34 Å². The first-order chi connectivity index (χ1) is 17.8. The molecule has 1 atom stereocenters. The number of carbonyl (C=O) groups is 1. The number of thiophene rings is 1. The smallest absolute Gasteiger partial charge is 0.272 e. The van der Waals surface area contributed by atoms with Crippen molar-refractivity contribution in [2.45, 2.75) is 23.3 Å². The summed E-state index contributed by atoms with van der Waals surface area (Å²) < 4.78 is 35.6. The van der Waals surface area contributed by atoms with Crippen LogP contribution < -0.4 is 15.4 Å². The molecule has 1 fully saturated rings. The molecular weight excluding hydrogens is 538 g/mol. The lowest BCUT2D eigenvalue weighted by molar-refractivity contribution is -0.126. The van der Waals surface area contributed by atoms with Crippen molar-refractivity contribution in [3.8, 4) is 5.75 Å². The number of nitrogens with zero attached hydrogens (tertiary/aromatic N) is 2. The molecule has 1 saturated heterocycles. The number of ether oxygens (including phenoxy) is 1. The number of hydrogen-bond donors (Lipinski definition) is 4. The number of anilines is 1. The summed E-state index contributed by atoms with van der Waals surface area (Å²) in [4.78, 5) is 12.4. The van der Waals surface area contributed by atoms with Gasteiger partial charge in [-0.1, -0.05) is 41.9 Å². The molecule has 5 rings (SSSR count). The molecule has 1 unspecified atom stereocenters. The number of benzene rings is 2. The molecule has 0 spiro atoms. The quantitative estimate of drug-likeness (QED) is 0.260. The van der Waals surface area contributed by atoms with Gasteiger partial charge in [-0.25, -0.2) is 8.42 Å². The van der Waals surface area contributed by atoms with Crippen LogP contribution in [0.1, 0.15) is 11.1 Å². The van der Waals surface area contributed by atoms with E-state index in [1.807, 2.05) is 24.3 Å².